The van der Waals surface area contributed by atoms with Crippen molar-refractivity contribution in [2.75, 3.05) is 48.3 Å². The third-order valence-electron chi connectivity index (χ3n) is 4.45. The minimum absolute atomic E-state index is 0.131. The minimum atomic E-state index is -0.131. The molecule has 1 amide bonds. The Morgan fingerprint density at radius 1 is 1.07 bits per heavy atom. The van der Waals surface area contributed by atoms with Crippen molar-refractivity contribution in [2.45, 2.75) is 0 Å². The predicted octanol–water partition coefficient (Wildman–Crippen LogP) is 1.48. The molecular weight excluding hydrogens is 342 g/mol. The summed E-state index contributed by atoms with van der Waals surface area (Å²) in [5.41, 5.74) is 4.17. The van der Waals surface area contributed by atoms with Crippen LogP contribution in [0.2, 0.25) is 0 Å². The standard InChI is InChI=1S/C19H21N7O/c27-19(25-14-1-2-15-16(11-14)23-6-5-22-15)13-24-17-12-21-4-3-18(17)26-9-7-20-8-10-26/h1-6,11-12,20,24H,7-10,13H2,(H,25,27). The van der Waals surface area contributed by atoms with Gasteiger partial charge in [0.2, 0.25) is 5.91 Å². The molecule has 1 saturated heterocycles. The maximum atomic E-state index is 12.4. The molecule has 0 spiro atoms. The van der Waals surface area contributed by atoms with Crippen molar-refractivity contribution in [2.24, 2.45) is 0 Å². The van der Waals surface area contributed by atoms with Gasteiger partial charge < -0.3 is 20.9 Å². The molecule has 3 N–H and O–H groups in total. The van der Waals surface area contributed by atoms with Crippen molar-refractivity contribution in [1.29, 1.82) is 0 Å². The molecule has 0 atom stereocenters. The number of benzene rings is 1. The van der Waals surface area contributed by atoms with Gasteiger partial charge in [-0.1, -0.05) is 0 Å². The first-order valence-corrected chi connectivity index (χ1v) is 8.94. The summed E-state index contributed by atoms with van der Waals surface area (Å²) < 4.78 is 0. The fraction of sp³-hybridized carbons (Fsp3) is 0.263. The zero-order valence-electron chi connectivity index (χ0n) is 14.9. The van der Waals surface area contributed by atoms with Crippen LogP contribution in [0, 0.1) is 0 Å². The smallest absolute Gasteiger partial charge is 0.243 e. The number of nitrogens with zero attached hydrogens (tertiary/aromatic N) is 4. The van der Waals surface area contributed by atoms with Crippen molar-refractivity contribution in [3.63, 3.8) is 0 Å². The molecular formula is C19H21N7O. The van der Waals surface area contributed by atoms with Crippen LogP contribution in [0.5, 0.6) is 0 Å². The average molecular weight is 363 g/mol. The van der Waals surface area contributed by atoms with Crippen LogP contribution in [0.25, 0.3) is 11.0 Å². The largest absolute Gasteiger partial charge is 0.373 e. The molecule has 1 fully saturated rings. The van der Waals surface area contributed by atoms with E-state index in [1.165, 1.54) is 0 Å². The van der Waals surface area contributed by atoms with E-state index in [9.17, 15) is 4.79 Å². The second-order valence-electron chi connectivity index (χ2n) is 6.29. The molecule has 0 radical (unpaired) electrons. The Morgan fingerprint density at radius 3 is 2.74 bits per heavy atom. The lowest BCUT2D eigenvalue weighted by Crippen LogP contribution is -2.43. The number of pyridine rings is 1. The van der Waals surface area contributed by atoms with Crippen molar-refractivity contribution in [3.05, 3.63) is 49.1 Å². The summed E-state index contributed by atoms with van der Waals surface area (Å²) in [7, 11) is 0. The van der Waals surface area contributed by atoms with Gasteiger partial charge in [0.15, 0.2) is 0 Å². The van der Waals surface area contributed by atoms with Crippen LogP contribution in [-0.4, -0.2) is 53.6 Å². The quantitative estimate of drug-likeness (QED) is 0.632. The fourth-order valence-electron chi connectivity index (χ4n) is 3.13. The first kappa shape index (κ1) is 17.2. The average Bonchev–Trinajstić information content (AvgIpc) is 2.73. The Hall–Kier alpha value is -3.26. The highest BCUT2D eigenvalue weighted by Crippen LogP contribution is 2.24. The van der Waals surface area contributed by atoms with Gasteiger partial charge in [-0.2, -0.15) is 0 Å². The SMILES string of the molecule is O=C(CNc1cnccc1N1CCNCC1)Nc1ccc2nccnc2c1. The molecule has 1 aliphatic heterocycles. The molecule has 0 aliphatic carbocycles. The van der Waals surface area contributed by atoms with Gasteiger partial charge in [0.1, 0.15) is 0 Å². The lowest BCUT2D eigenvalue weighted by Gasteiger charge is -2.31. The van der Waals surface area contributed by atoms with E-state index in [-0.39, 0.29) is 12.5 Å². The third kappa shape index (κ3) is 4.12. The van der Waals surface area contributed by atoms with Crippen molar-refractivity contribution >= 4 is 34.0 Å². The Morgan fingerprint density at radius 2 is 1.89 bits per heavy atom. The summed E-state index contributed by atoms with van der Waals surface area (Å²) in [4.78, 5) is 27.3. The monoisotopic (exact) mass is 363 g/mol. The van der Waals surface area contributed by atoms with E-state index in [1.54, 1.807) is 24.8 Å². The second kappa shape index (κ2) is 7.96. The third-order valence-corrected chi connectivity index (χ3v) is 4.45. The van der Waals surface area contributed by atoms with Crippen LogP contribution in [0.15, 0.2) is 49.1 Å². The number of amides is 1. The number of aromatic nitrogens is 3. The predicted molar refractivity (Wildman–Crippen MR) is 106 cm³/mol. The molecule has 3 aromatic rings. The number of hydrogen-bond acceptors (Lipinski definition) is 7. The number of carbonyl (C=O) groups excluding carboxylic acids is 1. The number of rotatable bonds is 5. The van der Waals surface area contributed by atoms with E-state index < -0.39 is 0 Å². The topological polar surface area (TPSA) is 95.1 Å². The van der Waals surface area contributed by atoms with Crippen molar-refractivity contribution in [3.8, 4) is 0 Å². The van der Waals surface area contributed by atoms with Gasteiger partial charge in [0, 0.05) is 50.5 Å². The molecule has 27 heavy (non-hydrogen) atoms. The van der Waals surface area contributed by atoms with Crippen LogP contribution in [-0.2, 0) is 4.79 Å². The summed E-state index contributed by atoms with van der Waals surface area (Å²) in [5.74, 6) is -0.131. The van der Waals surface area contributed by atoms with E-state index in [4.69, 9.17) is 0 Å². The molecule has 3 heterocycles. The molecule has 0 unspecified atom stereocenters. The Bertz CT molecular complexity index is 940. The summed E-state index contributed by atoms with van der Waals surface area (Å²) in [5, 5.41) is 9.44. The van der Waals surface area contributed by atoms with E-state index >= 15 is 0 Å². The number of hydrogen-bond donors (Lipinski definition) is 3. The number of fused-ring (bicyclic) bond motifs is 1. The maximum absolute atomic E-state index is 12.4. The summed E-state index contributed by atoms with van der Waals surface area (Å²) in [6.45, 7) is 3.93. The highest BCUT2D eigenvalue weighted by atomic mass is 16.1. The summed E-state index contributed by atoms with van der Waals surface area (Å²) in [6, 6.07) is 7.46. The molecule has 0 bridgehead atoms. The molecule has 8 heteroatoms. The van der Waals surface area contributed by atoms with Crippen LogP contribution in [0.4, 0.5) is 17.1 Å². The number of anilines is 3. The first-order chi connectivity index (χ1) is 13.3. The number of piperazine rings is 1. The Labute approximate surface area is 157 Å². The van der Waals surface area contributed by atoms with Gasteiger partial charge in [-0.05, 0) is 24.3 Å². The normalized spacial score (nSPS) is 14.1. The van der Waals surface area contributed by atoms with E-state index in [0.29, 0.717) is 5.69 Å². The fourth-order valence-corrected chi connectivity index (χ4v) is 3.13. The molecule has 0 saturated carbocycles. The minimum Gasteiger partial charge on any atom is -0.373 e. The maximum Gasteiger partial charge on any atom is 0.243 e. The van der Waals surface area contributed by atoms with Gasteiger partial charge in [0.25, 0.3) is 0 Å². The number of carbonyl (C=O) groups is 1. The van der Waals surface area contributed by atoms with E-state index in [2.05, 4.69) is 35.8 Å². The zero-order chi connectivity index (χ0) is 18.5. The van der Waals surface area contributed by atoms with Crippen LogP contribution < -0.4 is 20.9 Å². The van der Waals surface area contributed by atoms with Gasteiger partial charge in [-0.15, -0.1) is 0 Å². The van der Waals surface area contributed by atoms with Crippen LogP contribution in [0.3, 0.4) is 0 Å². The van der Waals surface area contributed by atoms with Gasteiger partial charge >= 0.3 is 0 Å². The zero-order valence-corrected chi connectivity index (χ0v) is 14.9. The van der Waals surface area contributed by atoms with Crippen LogP contribution >= 0.6 is 0 Å². The molecule has 1 aromatic carbocycles. The second-order valence-corrected chi connectivity index (χ2v) is 6.29. The molecule has 4 rings (SSSR count). The van der Waals surface area contributed by atoms with Gasteiger partial charge in [-0.3, -0.25) is 19.7 Å². The lowest BCUT2D eigenvalue weighted by molar-refractivity contribution is -0.114. The van der Waals surface area contributed by atoms with Gasteiger partial charge in [-0.25, -0.2) is 0 Å². The summed E-state index contributed by atoms with van der Waals surface area (Å²) in [6.07, 6.45) is 6.82. The Kier molecular flexibility index (Phi) is 5.06. The lowest BCUT2D eigenvalue weighted by atomic mass is 10.2. The molecule has 2 aromatic heterocycles. The van der Waals surface area contributed by atoms with E-state index in [0.717, 1.165) is 48.6 Å². The van der Waals surface area contributed by atoms with Crippen LogP contribution in [0.1, 0.15) is 0 Å². The van der Waals surface area contributed by atoms with Crippen molar-refractivity contribution in [1.82, 2.24) is 20.3 Å². The first-order valence-electron chi connectivity index (χ1n) is 8.94. The molecule has 8 nitrogen and oxygen atoms in total. The van der Waals surface area contributed by atoms with E-state index in [1.807, 2.05) is 24.3 Å². The molecule has 1 aliphatic rings. The van der Waals surface area contributed by atoms with Crippen molar-refractivity contribution < 1.29 is 4.79 Å². The Balaban J connectivity index is 1.40. The molecule has 138 valence electrons. The highest BCUT2D eigenvalue weighted by molar-refractivity contribution is 5.95. The highest BCUT2D eigenvalue weighted by Gasteiger charge is 2.14. The summed E-state index contributed by atoms with van der Waals surface area (Å²) >= 11 is 0. The number of nitrogens with one attached hydrogen (secondary N) is 3. The van der Waals surface area contributed by atoms with Gasteiger partial charge in [0.05, 0.1) is 35.1 Å².